The van der Waals surface area contributed by atoms with E-state index in [0.29, 0.717) is 11.7 Å². The SMILES string of the molecule is C=C1C[C@@H]2c3c(O)cc(CCCCC)cc3OC(C)(C)[C@@H]2CC1NN1CCOCC1. The van der Waals surface area contributed by atoms with Crippen LogP contribution in [0.2, 0.25) is 0 Å². The Hall–Kier alpha value is -1.56. The largest absolute Gasteiger partial charge is 0.508 e. The molecule has 2 heterocycles. The Labute approximate surface area is 181 Å². The summed E-state index contributed by atoms with van der Waals surface area (Å²) in [7, 11) is 0. The Balaban J connectivity index is 1.55. The Morgan fingerprint density at radius 3 is 2.73 bits per heavy atom. The van der Waals surface area contributed by atoms with Gasteiger partial charge in [0.25, 0.3) is 0 Å². The zero-order chi connectivity index (χ0) is 21.3. The molecule has 5 heteroatoms. The van der Waals surface area contributed by atoms with Crippen molar-refractivity contribution in [2.75, 3.05) is 26.3 Å². The van der Waals surface area contributed by atoms with Crippen molar-refractivity contribution >= 4 is 0 Å². The number of nitrogens with one attached hydrogen (secondary N) is 1. The van der Waals surface area contributed by atoms with Gasteiger partial charge in [0.2, 0.25) is 0 Å². The first-order valence-corrected chi connectivity index (χ1v) is 11.7. The molecule has 0 bridgehead atoms. The van der Waals surface area contributed by atoms with Crippen molar-refractivity contribution in [3.63, 3.8) is 0 Å². The van der Waals surface area contributed by atoms with Gasteiger partial charge in [-0.15, -0.1) is 0 Å². The normalized spacial score (nSPS) is 28.5. The van der Waals surface area contributed by atoms with Gasteiger partial charge >= 0.3 is 0 Å². The molecule has 0 radical (unpaired) electrons. The van der Waals surface area contributed by atoms with Gasteiger partial charge < -0.3 is 14.6 Å². The smallest absolute Gasteiger partial charge is 0.127 e. The number of phenols is 1. The maximum Gasteiger partial charge on any atom is 0.127 e. The minimum atomic E-state index is -0.280. The van der Waals surface area contributed by atoms with E-state index in [-0.39, 0.29) is 17.6 Å². The van der Waals surface area contributed by atoms with Gasteiger partial charge in [0, 0.05) is 36.5 Å². The molecule has 30 heavy (non-hydrogen) atoms. The summed E-state index contributed by atoms with van der Waals surface area (Å²) in [4.78, 5) is 0. The number of hydrazine groups is 1. The number of ether oxygens (including phenoxy) is 2. The lowest BCUT2D eigenvalue weighted by molar-refractivity contribution is -0.0254. The fourth-order valence-corrected chi connectivity index (χ4v) is 5.49. The Morgan fingerprint density at radius 2 is 2.00 bits per heavy atom. The molecular weight excluding hydrogens is 376 g/mol. The number of morpholine rings is 1. The molecule has 0 aromatic heterocycles. The van der Waals surface area contributed by atoms with E-state index in [1.165, 1.54) is 24.0 Å². The second-order valence-electron chi connectivity index (χ2n) is 9.78. The first-order valence-electron chi connectivity index (χ1n) is 11.7. The predicted molar refractivity (Wildman–Crippen MR) is 120 cm³/mol. The van der Waals surface area contributed by atoms with E-state index in [1.54, 1.807) is 0 Å². The van der Waals surface area contributed by atoms with Gasteiger partial charge in [-0.25, -0.2) is 10.4 Å². The van der Waals surface area contributed by atoms with Crippen LogP contribution in [0.3, 0.4) is 0 Å². The zero-order valence-corrected chi connectivity index (χ0v) is 18.9. The van der Waals surface area contributed by atoms with Crippen molar-refractivity contribution in [1.29, 1.82) is 0 Å². The molecule has 0 amide bonds. The average molecular weight is 415 g/mol. The molecule has 2 fully saturated rings. The van der Waals surface area contributed by atoms with Crippen molar-refractivity contribution in [2.24, 2.45) is 5.92 Å². The average Bonchev–Trinajstić information content (AvgIpc) is 2.69. The lowest BCUT2D eigenvalue weighted by Gasteiger charge is -2.50. The van der Waals surface area contributed by atoms with Crippen LogP contribution in [0.1, 0.15) is 69.9 Å². The third kappa shape index (κ3) is 4.39. The van der Waals surface area contributed by atoms with Crippen LogP contribution in [0, 0.1) is 5.92 Å². The van der Waals surface area contributed by atoms with Gasteiger partial charge in [0.05, 0.1) is 13.2 Å². The van der Waals surface area contributed by atoms with Crippen LogP contribution in [0.15, 0.2) is 24.3 Å². The Bertz CT molecular complexity index is 770. The third-order valence-corrected chi connectivity index (χ3v) is 7.19. The van der Waals surface area contributed by atoms with Crippen LogP contribution in [-0.2, 0) is 11.2 Å². The molecule has 3 atom stereocenters. The summed E-state index contributed by atoms with van der Waals surface area (Å²) in [5, 5.41) is 13.2. The molecule has 2 N–H and O–H groups in total. The number of hydrogen-bond donors (Lipinski definition) is 2. The molecule has 1 saturated heterocycles. The molecule has 4 rings (SSSR count). The molecular formula is C25H38N2O3. The van der Waals surface area contributed by atoms with Crippen LogP contribution in [-0.4, -0.2) is 48.1 Å². The highest BCUT2D eigenvalue weighted by Crippen LogP contribution is 2.55. The summed E-state index contributed by atoms with van der Waals surface area (Å²) in [6.45, 7) is 14.4. The summed E-state index contributed by atoms with van der Waals surface area (Å²) in [6.07, 6.45) is 6.40. The molecule has 1 aromatic rings. The Morgan fingerprint density at radius 1 is 1.23 bits per heavy atom. The number of rotatable bonds is 6. The summed E-state index contributed by atoms with van der Waals surface area (Å²) in [5.74, 6) is 1.85. The summed E-state index contributed by atoms with van der Waals surface area (Å²) >= 11 is 0. The van der Waals surface area contributed by atoms with E-state index >= 15 is 0 Å². The quantitative estimate of drug-likeness (QED) is 0.528. The fraction of sp³-hybridized carbons (Fsp3) is 0.680. The highest BCUT2D eigenvalue weighted by atomic mass is 16.5. The van der Waals surface area contributed by atoms with E-state index in [2.05, 4.69) is 43.9 Å². The third-order valence-electron chi connectivity index (χ3n) is 7.19. The van der Waals surface area contributed by atoms with Crippen LogP contribution < -0.4 is 10.2 Å². The Kier molecular flexibility index (Phi) is 6.42. The molecule has 5 nitrogen and oxygen atoms in total. The summed E-state index contributed by atoms with van der Waals surface area (Å²) < 4.78 is 12.0. The minimum Gasteiger partial charge on any atom is -0.508 e. The monoisotopic (exact) mass is 414 g/mol. The number of hydrogen-bond acceptors (Lipinski definition) is 5. The number of unbranched alkanes of at least 4 members (excludes halogenated alkanes) is 2. The molecule has 1 unspecified atom stereocenters. The molecule has 0 spiro atoms. The zero-order valence-electron chi connectivity index (χ0n) is 18.9. The van der Waals surface area contributed by atoms with Crippen molar-refractivity contribution in [3.8, 4) is 11.5 Å². The lowest BCUT2D eigenvalue weighted by atomic mass is 9.64. The van der Waals surface area contributed by atoms with E-state index in [4.69, 9.17) is 9.47 Å². The van der Waals surface area contributed by atoms with Gasteiger partial charge in [0.15, 0.2) is 0 Å². The molecule has 1 aliphatic carbocycles. The molecule has 3 aliphatic rings. The van der Waals surface area contributed by atoms with Gasteiger partial charge in [-0.1, -0.05) is 31.9 Å². The van der Waals surface area contributed by atoms with Gasteiger partial charge in [-0.05, 0) is 57.2 Å². The second kappa shape index (κ2) is 8.89. The number of aryl methyl sites for hydroxylation is 1. The topological polar surface area (TPSA) is 54.0 Å². The van der Waals surface area contributed by atoms with Crippen LogP contribution >= 0.6 is 0 Å². The van der Waals surface area contributed by atoms with E-state index in [1.807, 2.05) is 6.07 Å². The van der Waals surface area contributed by atoms with Gasteiger partial charge in [0.1, 0.15) is 17.1 Å². The van der Waals surface area contributed by atoms with Crippen LogP contribution in [0.25, 0.3) is 0 Å². The maximum absolute atomic E-state index is 11.0. The molecule has 166 valence electrons. The van der Waals surface area contributed by atoms with E-state index < -0.39 is 0 Å². The summed E-state index contributed by atoms with van der Waals surface area (Å²) in [6, 6.07) is 4.38. The molecule has 1 aromatic carbocycles. The number of aromatic hydroxyl groups is 1. The lowest BCUT2D eigenvalue weighted by Crippen LogP contribution is -2.55. The molecule has 1 saturated carbocycles. The first kappa shape index (κ1) is 21.7. The predicted octanol–water partition coefficient (Wildman–Crippen LogP) is 4.55. The number of fused-ring (bicyclic) bond motifs is 3. The second-order valence-corrected chi connectivity index (χ2v) is 9.78. The van der Waals surface area contributed by atoms with Gasteiger partial charge in [-0.2, -0.15) is 0 Å². The summed E-state index contributed by atoms with van der Waals surface area (Å²) in [5.41, 5.74) is 6.80. The van der Waals surface area contributed by atoms with Crippen molar-refractivity contribution < 1.29 is 14.6 Å². The molecule has 2 aliphatic heterocycles. The standard InChI is InChI=1S/C25H38N2O3/c1-5-6-7-8-18-14-22(28)24-19-13-17(2)21(26-27-9-11-29-12-10-27)16-20(19)25(3,4)30-23(24)15-18/h14-15,19-21,26,28H,2,5-13,16H2,1,3-4H3/t19-,20+,21?/m0/s1. The number of phenolic OH excluding ortho intramolecular Hbond substituents is 1. The van der Waals surface area contributed by atoms with Crippen LogP contribution in [0.4, 0.5) is 0 Å². The highest BCUT2D eigenvalue weighted by Gasteiger charge is 2.49. The van der Waals surface area contributed by atoms with E-state index in [9.17, 15) is 5.11 Å². The van der Waals surface area contributed by atoms with Crippen molar-refractivity contribution in [2.45, 2.75) is 76.9 Å². The maximum atomic E-state index is 11.0. The van der Waals surface area contributed by atoms with Gasteiger partial charge in [-0.3, -0.25) is 0 Å². The number of benzene rings is 1. The van der Waals surface area contributed by atoms with Crippen LogP contribution in [0.5, 0.6) is 11.5 Å². The van der Waals surface area contributed by atoms with Crippen molar-refractivity contribution in [3.05, 3.63) is 35.4 Å². The number of nitrogens with zero attached hydrogens (tertiary/aromatic N) is 1. The minimum absolute atomic E-state index is 0.240. The van der Waals surface area contributed by atoms with Crippen molar-refractivity contribution in [1.82, 2.24) is 10.4 Å². The first-order chi connectivity index (χ1) is 14.4. The highest BCUT2D eigenvalue weighted by molar-refractivity contribution is 5.52. The fourth-order valence-electron chi connectivity index (χ4n) is 5.49. The van der Waals surface area contributed by atoms with E-state index in [0.717, 1.165) is 63.3 Å².